The average molecular weight is 391 g/mol. The second-order valence-corrected chi connectivity index (χ2v) is 12.5. The molecule has 0 aliphatic heterocycles. The Morgan fingerprint density at radius 2 is 1.54 bits per heavy atom. The maximum absolute atomic E-state index is 10.7. The predicted octanol–water partition coefficient (Wildman–Crippen LogP) is 6.19. The fourth-order valence-electron chi connectivity index (χ4n) is 9.11. The zero-order valence-corrected chi connectivity index (χ0v) is 19.2. The maximum Gasteiger partial charge on any atom is 0.0622 e. The molecule has 2 heteroatoms. The summed E-state index contributed by atoms with van der Waals surface area (Å²) < 4.78 is 0. The fourth-order valence-corrected chi connectivity index (χ4v) is 9.11. The van der Waals surface area contributed by atoms with Crippen molar-refractivity contribution >= 4 is 0 Å². The van der Waals surface area contributed by atoms with Crippen LogP contribution in [-0.2, 0) is 0 Å². The van der Waals surface area contributed by atoms with Crippen LogP contribution in [0.2, 0.25) is 0 Å². The molecule has 4 rings (SSSR count). The van der Waals surface area contributed by atoms with Gasteiger partial charge in [-0.25, -0.2) is 0 Å². The Balaban J connectivity index is 1.50. The van der Waals surface area contributed by atoms with Gasteiger partial charge in [0.05, 0.1) is 11.7 Å². The zero-order chi connectivity index (χ0) is 20.3. The lowest BCUT2D eigenvalue weighted by molar-refractivity contribution is -0.148. The Kier molecular flexibility index (Phi) is 5.49. The van der Waals surface area contributed by atoms with Crippen molar-refractivity contribution in [2.24, 2.45) is 46.3 Å². The van der Waals surface area contributed by atoms with E-state index in [2.05, 4.69) is 27.7 Å². The molecule has 0 saturated heterocycles. The summed E-state index contributed by atoms with van der Waals surface area (Å²) in [7, 11) is 0. The summed E-state index contributed by atoms with van der Waals surface area (Å²) >= 11 is 0. The third-order valence-corrected chi connectivity index (χ3v) is 10.8. The van der Waals surface area contributed by atoms with Crippen molar-refractivity contribution in [3.63, 3.8) is 0 Å². The minimum absolute atomic E-state index is 0.151. The number of hydrogen-bond acceptors (Lipinski definition) is 2. The van der Waals surface area contributed by atoms with E-state index < -0.39 is 5.60 Å². The zero-order valence-electron chi connectivity index (χ0n) is 19.2. The van der Waals surface area contributed by atoms with Gasteiger partial charge in [0.1, 0.15) is 0 Å². The monoisotopic (exact) mass is 390 g/mol. The van der Waals surface area contributed by atoms with Gasteiger partial charge in [0.25, 0.3) is 0 Å². The van der Waals surface area contributed by atoms with Gasteiger partial charge in [0, 0.05) is 0 Å². The van der Waals surface area contributed by atoms with E-state index in [4.69, 9.17) is 0 Å². The van der Waals surface area contributed by atoms with Gasteiger partial charge >= 0.3 is 0 Å². The fraction of sp³-hybridized carbons (Fsp3) is 1.00. The van der Waals surface area contributed by atoms with Crippen LogP contribution in [0.3, 0.4) is 0 Å². The topological polar surface area (TPSA) is 40.5 Å². The van der Waals surface area contributed by atoms with Crippen LogP contribution < -0.4 is 0 Å². The summed E-state index contributed by atoms with van der Waals surface area (Å²) in [5.74, 6) is 5.09. The molecule has 4 aliphatic carbocycles. The van der Waals surface area contributed by atoms with E-state index in [9.17, 15) is 10.2 Å². The number of fused-ring (bicyclic) bond motifs is 5. The van der Waals surface area contributed by atoms with Crippen LogP contribution in [0.4, 0.5) is 0 Å². The molecule has 0 radical (unpaired) electrons. The minimum atomic E-state index is -0.419. The molecular weight excluding hydrogens is 344 g/mol. The van der Waals surface area contributed by atoms with Crippen molar-refractivity contribution in [1.29, 1.82) is 0 Å². The molecule has 1 unspecified atom stereocenters. The smallest absolute Gasteiger partial charge is 0.0622 e. The molecule has 10 atom stereocenters. The van der Waals surface area contributed by atoms with Crippen molar-refractivity contribution < 1.29 is 10.2 Å². The van der Waals surface area contributed by atoms with Crippen LogP contribution in [-0.4, -0.2) is 21.9 Å². The van der Waals surface area contributed by atoms with Crippen LogP contribution in [0.15, 0.2) is 0 Å². The Bertz CT molecular complexity index is 569. The van der Waals surface area contributed by atoms with E-state index in [1.165, 1.54) is 51.4 Å². The molecule has 0 aromatic carbocycles. The van der Waals surface area contributed by atoms with Crippen LogP contribution in [0, 0.1) is 46.3 Å². The first-order valence-electron chi connectivity index (χ1n) is 12.5. The van der Waals surface area contributed by atoms with Crippen LogP contribution >= 0.6 is 0 Å². The van der Waals surface area contributed by atoms with Crippen LogP contribution in [0.1, 0.15) is 105 Å². The Morgan fingerprint density at radius 3 is 2.25 bits per heavy atom. The van der Waals surface area contributed by atoms with Crippen molar-refractivity contribution in [3.8, 4) is 0 Å². The summed E-state index contributed by atoms with van der Waals surface area (Å²) in [4.78, 5) is 0. The minimum Gasteiger partial charge on any atom is -0.393 e. The number of aliphatic hydroxyl groups excluding tert-OH is 1. The van der Waals surface area contributed by atoms with Crippen LogP contribution in [0.5, 0.6) is 0 Å². The molecule has 2 N–H and O–H groups in total. The largest absolute Gasteiger partial charge is 0.393 e. The van der Waals surface area contributed by atoms with Crippen molar-refractivity contribution in [1.82, 2.24) is 0 Å². The van der Waals surface area contributed by atoms with E-state index in [0.29, 0.717) is 10.8 Å². The number of rotatable bonds is 4. The molecule has 0 heterocycles. The van der Waals surface area contributed by atoms with Crippen molar-refractivity contribution in [2.75, 3.05) is 0 Å². The molecule has 0 aromatic rings. The Labute approximate surface area is 173 Å². The van der Waals surface area contributed by atoms with Gasteiger partial charge in [-0.1, -0.05) is 20.8 Å². The lowest BCUT2D eigenvalue weighted by Gasteiger charge is -2.62. The second kappa shape index (κ2) is 7.26. The van der Waals surface area contributed by atoms with Crippen molar-refractivity contribution in [3.05, 3.63) is 0 Å². The SMILES string of the molecule is C[C@H](CC[C@@H](C)O)[C@H]1CC[C@H]2C3CC[C@@H]4C[C@@](C)(O)CC[C@]4(C)[C@H]3CC[C@]12C. The van der Waals surface area contributed by atoms with Gasteiger partial charge in [-0.05, 0) is 131 Å². The van der Waals surface area contributed by atoms with Crippen molar-refractivity contribution in [2.45, 2.75) is 117 Å². The summed E-state index contributed by atoms with van der Waals surface area (Å²) in [6.45, 7) is 11.7. The predicted molar refractivity (Wildman–Crippen MR) is 116 cm³/mol. The van der Waals surface area contributed by atoms with Gasteiger partial charge in [-0.15, -0.1) is 0 Å². The standard InChI is InChI=1S/C26H46O2/c1-17(6-7-18(2)27)21-10-11-22-20-9-8-19-16-24(3,28)14-15-25(19,4)23(20)12-13-26(21,22)5/h17-23,27-28H,6-16H2,1-5H3/t17-,18-,19-,20?,21-,22+,23+,24+,25+,26-/m1/s1. The van der Waals surface area contributed by atoms with Crippen LogP contribution in [0.25, 0.3) is 0 Å². The molecule has 2 nitrogen and oxygen atoms in total. The van der Waals surface area contributed by atoms with E-state index in [1.807, 2.05) is 6.92 Å². The molecule has 162 valence electrons. The number of aliphatic hydroxyl groups is 2. The molecule has 4 fully saturated rings. The third-order valence-electron chi connectivity index (χ3n) is 10.8. The van der Waals surface area contributed by atoms with E-state index in [-0.39, 0.29) is 6.10 Å². The summed E-state index contributed by atoms with van der Waals surface area (Å²) in [6.07, 6.45) is 13.7. The Morgan fingerprint density at radius 1 is 0.821 bits per heavy atom. The highest BCUT2D eigenvalue weighted by Crippen LogP contribution is 2.68. The van der Waals surface area contributed by atoms with Gasteiger partial charge in [-0.2, -0.15) is 0 Å². The highest BCUT2D eigenvalue weighted by atomic mass is 16.3. The molecule has 0 spiro atoms. The van der Waals surface area contributed by atoms with E-state index >= 15 is 0 Å². The number of hydrogen-bond donors (Lipinski definition) is 2. The first-order chi connectivity index (χ1) is 13.1. The molecular formula is C26H46O2. The molecule has 4 saturated carbocycles. The normalized spacial score (nSPS) is 53.0. The molecule has 0 aromatic heterocycles. The lowest BCUT2D eigenvalue weighted by atomic mass is 9.43. The van der Waals surface area contributed by atoms with E-state index in [0.717, 1.165) is 54.8 Å². The summed E-state index contributed by atoms with van der Waals surface area (Å²) in [5.41, 5.74) is 0.586. The van der Waals surface area contributed by atoms with Gasteiger partial charge < -0.3 is 10.2 Å². The average Bonchev–Trinajstić information content (AvgIpc) is 2.97. The molecule has 4 aliphatic rings. The quantitative estimate of drug-likeness (QED) is 0.600. The maximum atomic E-state index is 10.7. The van der Waals surface area contributed by atoms with Gasteiger partial charge in [0.2, 0.25) is 0 Å². The highest BCUT2D eigenvalue weighted by molar-refractivity contribution is 5.10. The second-order valence-electron chi connectivity index (χ2n) is 12.5. The third kappa shape index (κ3) is 3.39. The molecule has 28 heavy (non-hydrogen) atoms. The lowest BCUT2D eigenvalue weighted by Crippen LogP contribution is -2.55. The molecule has 0 amide bonds. The Hall–Kier alpha value is -0.0800. The molecule has 0 bridgehead atoms. The van der Waals surface area contributed by atoms with Gasteiger partial charge in [-0.3, -0.25) is 0 Å². The van der Waals surface area contributed by atoms with E-state index in [1.54, 1.807) is 0 Å². The first-order valence-corrected chi connectivity index (χ1v) is 12.5. The first kappa shape index (κ1) is 21.2. The summed E-state index contributed by atoms with van der Waals surface area (Å²) in [5, 5.41) is 20.4. The van der Waals surface area contributed by atoms with Gasteiger partial charge in [0.15, 0.2) is 0 Å². The highest BCUT2D eigenvalue weighted by Gasteiger charge is 2.61. The summed E-state index contributed by atoms with van der Waals surface area (Å²) in [6, 6.07) is 0.